The minimum absolute atomic E-state index is 0.0825. The van der Waals surface area contributed by atoms with Crippen LogP contribution in [0.3, 0.4) is 0 Å². The maximum absolute atomic E-state index is 12.7. The van der Waals surface area contributed by atoms with Gasteiger partial charge in [0.2, 0.25) is 5.56 Å². The van der Waals surface area contributed by atoms with Gasteiger partial charge in [-0.25, -0.2) is 8.42 Å². The van der Waals surface area contributed by atoms with Crippen molar-refractivity contribution in [2.45, 2.75) is 30.6 Å². The number of pyridine rings is 1. The molecule has 31 heavy (non-hydrogen) atoms. The molecule has 9 heteroatoms. The van der Waals surface area contributed by atoms with E-state index in [0.717, 1.165) is 19.3 Å². The second-order valence-electron chi connectivity index (χ2n) is 7.32. The Hall–Kier alpha value is -3.46. The third-order valence-corrected chi connectivity index (χ3v) is 6.44. The van der Waals surface area contributed by atoms with Gasteiger partial charge in [0.05, 0.1) is 10.5 Å². The number of aromatic nitrogens is 1. The Kier molecular flexibility index (Phi) is 5.85. The van der Waals surface area contributed by atoms with Crippen molar-refractivity contribution in [1.82, 2.24) is 9.71 Å². The van der Waals surface area contributed by atoms with Crippen molar-refractivity contribution in [3.8, 4) is 0 Å². The summed E-state index contributed by atoms with van der Waals surface area (Å²) in [5.74, 6) is 0.0277. The molecule has 0 unspecified atom stereocenters. The lowest BCUT2D eigenvalue weighted by Crippen LogP contribution is -2.30. The molecule has 8 nitrogen and oxygen atoms in total. The fourth-order valence-corrected chi connectivity index (χ4v) is 4.57. The summed E-state index contributed by atoms with van der Waals surface area (Å²) in [5, 5.41) is 3.33. The number of rotatable bonds is 4. The molecule has 0 aliphatic carbocycles. The second-order valence-corrected chi connectivity index (χ2v) is 9.00. The number of para-hydroxylation sites is 1. The zero-order valence-electron chi connectivity index (χ0n) is 16.7. The van der Waals surface area contributed by atoms with Crippen molar-refractivity contribution in [3.63, 3.8) is 0 Å². The number of amides is 1. The largest absolute Gasteiger partial charge is 0.322 e. The summed E-state index contributed by atoms with van der Waals surface area (Å²) in [6, 6.07) is 14.1. The first-order valence-electron chi connectivity index (χ1n) is 10.0. The van der Waals surface area contributed by atoms with Gasteiger partial charge in [-0.3, -0.25) is 19.3 Å². The first-order valence-corrected chi connectivity index (χ1v) is 11.5. The molecule has 0 atom stereocenters. The number of H-pyrrole nitrogens is 1. The summed E-state index contributed by atoms with van der Waals surface area (Å²) in [6.45, 7) is 0.625. The SMILES string of the molecule is O=C(Nc1ccc(S(=O)(=O)NC2=NCCCCC2)cc1)c1cc(=O)[nH]c2ccccc12. The maximum atomic E-state index is 12.7. The summed E-state index contributed by atoms with van der Waals surface area (Å²) in [7, 11) is -3.75. The van der Waals surface area contributed by atoms with Gasteiger partial charge in [-0.1, -0.05) is 24.6 Å². The molecular weight excluding hydrogens is 416 g/mol. The maximum Gasteiger partial charge on any atom is 0.262 e. The lowest BCUT2D eigenvalue weighted by Gasteiger charge is -2.11. The van der Waals surface area contributed by atoms with Crippen LogP contribution in [0.25, 0.3) is 10.9 Å². The van der Waals surface area contributed by atoms with Gasteiger partial charge in [0.15, 0.2) is 0 Å². The number of anilines is 1. The summed E-state index contributed by atoms with van der Waals surface area (Å²) in [5.41, 5.74) is 0.844. The molecule has 2 heterocycles. The number of carbonyl (C=O) groups is 1. The van der Waals surface area contributed by atoms with Gasteiger partial charge in [-0.15, -0.1) is 0 Å². The van der Waals surface area contributed by atoms with E-state index in [2.05, 4.69) is 20.0 Å². The molecule has 0 saturated heterocycles. The number of nitrogens with zero attached hydrogens (tertiary/aromatic N) is 1. The molecule has 0 saturated carbocycles. The molecule has 3 N–H and O–H groups in total. The van der Waals surface area contributed by atoms with Gasteiger partial charge in [0.1, 0.15) is 5.84 Å². The number of hydrogen-bond donors (Lipinski definition) is 3. The highest BCUT2D eigenvalue weighted by atomic mass is 32.2. The van der Waals surface area contributed by atoms with E-state index in [0.29, 0.717) is 35.4 Å². The Morgan fingerprint density at radius 2 is 1.77 bits per heavy atom. The topological polar surface area (TPSA) is 120 Å². The van der Waals surface area contributed by atoms with E-state index < -0.39 is 15.9 Å². The fraction of sp³-hybridized carbons (Fsp3) is 0.227. The van der Waals surface area contributed by atoms with E-state index in [1.807, 2.05) is 0 Å². The summed E-state index contributed by atoms with van der Waals surface area (Å²) in [4.78, 5) is 31.7. The van der Waals surface area contributed by atoms with Gasteiger partial charge in [0, 0.05) is 35.6 Å². The molecule has 0 radical (unpaired) electrons. The van der Waals surface area contributed by atoms with E-state index in [1.165, 1.54) is 30.3 Å². The van der Waals surface area contributed by atoms with Crippen LogP contribution in [0, 0.1) is 0 Å². The van der Waals surface area contributed by atoms with Crippen LogP contribution in [-0.4, -0.2) is 31.7 Å². The molecule has 0 fully saturated rings. The average Bonchev–Trinajstić information content (AvgIpc) is 3.01. The molecule has 4 rings (SSSR count). The number of aromatic amines is 1. The number of benzene rings is 2. The standard InChI is InChI=1S/C22H22N4O4S/c27-21-14-18(17-6-3-4-7-19(17)25-21)22(28)24-15-9-11-16(12-10-15)31(29,30)26-20-8-2-1-5-13-23-20/h3-4,6-7,9-12,14H,1-2,5,8,13H2,(H,23,26)(H,24,28)(H,25,27). The van der Waals surface area contributed by atoms with E-state index in [1.54, 1.807) is 24.3 Å². The zero-order chi connectivity index (χ0) is 21.8. The molecule has 0 spiro atoms. The second kappa shape index (κ2) is 8.73. The predicted molar refractivity (Wildman–Crippen MR) is 120 cm³/mol. The van der Waals surface area contributed by atoms with Crippen LogP contribution in [0.1, 0.15) is 36.0 Å². The molecule has 1 aliphatic rings. The number of carbonyl (C=O) groups excluding carboxylic acids is 1. The number of hydrogen-bond acceptors (Lipinski definition) is 5. The van der Waals surface area contributed by atoms with Crippen molar-refractivity contribution >= 4 is 38.4 Å². The van der Waals surface area contributed by atoms with Gasteiger partial charge in [0.25, 0.3) is 15.9 Å². The van der Waals surface area contributed by atoms with Gasteiger partial charge in [-0.2, -0.15) is 0 Å². The van der Waals surface area contributed by atoms with Crippen LogP contribution >= 0.6 is 0 Å². The average molecular weight is 439 g/mol. The Morgan fingerprint density at radius 1 is 1.00 bits per heavy atom. The van der Waals surface area contributed by atoms with Gasteiger partial charge in [-0.05, 0) is 43.2 Å². The smallest absolute Gasteiger partial charge is 0.262 e. The van der Waals surface area contributed by atoms with E-state index in [9.17, 15) is 18.0 Å². The Bertz CT molecular complexity index is 1310. The van der Waals surface area contributed by atoms with Crippen LogP contribution < -0.4 is 15.6 Å². The minimum atomic E-state index is -3.75. The van der Waals surface area contributed by atoms with Gasteiger partial charge >= 0.3 is 0 Å². The predicted octanol–water partition coefficient (Wildman–Crippen LogP) is 3.03. The highest BCUT2D eigenvalue weighted by molar-refractivity contribution is 7.90. The van der Waals surface area contributed by atoms with Gasteiger partial charge < -0.3 is 10.3 Å². The van der Waals surface area contributed by atoms with Crippen LogP contribution in [0.15, 0.2) is 69.3 Å². The minimum Gasteiger partial charge on any atom is -0.322 e. The monoisotopic (exact) mass is 438 g/mol. The number of nitrogens with one attached hydrogen (secondary N) is 3. The molecule has 2 aromatic carbocycles. The molecule has 1 aliphatic heterocycles. The molecular formula is C22H22N4O4S. The Morgan fingerprint density at radius 3 is 2.58 bits per heavy atom. The molecule has 1 amide bonds. The van der Waals surface area contributed by atoms with Crippen LogP contribution in [-0.2, 0) is 10.0 Å². The number of amidine groups is 1. The molecule has 1 aromatic heterocycles. The van der Waals surface area contributed by atoms with Crippen LogP contribution in [0.5, 0.6) is 0 Å². The van der Waals surface area contributed by atoms with Crippen LogP contribution in [0.2, 0.25) is 0 Å². The lowest BCUT2D eigenvalue weighted by atomic mass is 10.1. The zero-order valence-corrected chi connectivity index (χ0v) is 17.5. The van der Waals surface area contributed by atoms with E-state index in [-0.39, 0.29) is 16.0 Å². The van der Waals surface area contributed by atoms with Crippen molar-refractivity contribution in [2.75, 3.05) is 11.9 Å². The van der Waals surface area contributed by atoms with E-state index in [4.69, 9.17) is 0 Å². The first-order chi connectivity index (χ1) is 14.9. The van der Waals surface area contributed by atoms with E-state index >= 15 is 0 Å². The number of aliphatic imine (C=N–C) groups is 1. The molecule has 0 bridgehead atoms. The summed E-state index contributed by atoms with van der Waals surface area (Å²) < 4.78 is 27.8. The highest BCUT2D eigenvalue weighted by Crippen LogP contribution is 2.19. The molecule has 160 valence electrons. The fourth-order valence-electron chi connectivity index (χ4n) is 3.48. The quantitative estimate of drug-likeness (QED) is 0.580. The number of fused-ring (bicyclic) bond motifs is 1. The third-order valence-electron chi connectivity index (χ3n) is 5.04. The van der Waals surface area contributed by atoms with Crippen molar-refractivity contribution < 1.29 is 13.2 Å². The first kappa shape index (κ1) is 20.8. The normalized spacial score (nSPS) is 14.5. The summed E-state index contributed by atoms with van der Waals surface area (Å²) >= 11 is 0. The number of sulfonamides is 1. The van der Waals surface area contributed by atoms with Crippen LogP contribution in [0.4, 0.5) is 5.69 Å². The van der Waals surface area contributed by atoms with Crippen molar-refractivity contribution in [2.24, 2.45) is 4.99 Å². The third kappa shape index (κ3) is 4.83. The van der Waals surface area contributed by atoms with Crippen molar-refractivity contribution in [3.05, 3.63) is 70.5 Å². The highest BCUT2D eigenvalue weighted by Gasteiger charge is 2.18. The summed E-state index contributed by atoms with van der Waals surface area (Å²) in [6.07, 6.45) is 3.51. The Labute approximate surface area is 179 Å². The lowest BCUT2D eigenvalue weighted by molar-refractivity contribution is 0.102. The Balaban J connectivity index is 1.52. The molecule has 3 aromatic rings. The van der Waals surface area contributed by atoms with Crippen molar-refractivity contribution in [1.29, 1.82) is 0 Å².